The van der Waals surface area contributed by atoms with Gasteiger partial charge in [-0.15, -0.1) is 11.3 Å². The molecule has 182 valence electrons. The highest BCUT2D eigenvalue weighted by Crippen LogP contribution is 2.37. The van der Waals surface area contributed by atoms with Gasteiger partial charge in [0.1, 0.15) is 5.00 Å². The summed E-state index contributed by atoms with van der Waals surface area (Å²) in [6.07, 6.45) is 2.64. The smallest absolute Gasteiger partial charge is 0.409 e. The number of rotatable bonds is 5. The maximum absolute atomic E-state index is 12.9. The monoisotopic (exact) mass is 506 g/mol. The molecule has 0 spiro atoms. The van der Waals surface area contributed by atoms with Gasteiger partial charge < -0.3 is 20.7 Å². The average molecular weight is 507 g/mol. The van der Waals surface area contributed by atoms with Gasteiger partial charge >= 0.3 is 6.09 Å². The molecule has 0 unspecified atom stereocenters. The van der Waals surface area contributed by atoms with Gasteiger partial charge in [-0.2, -0.15) is 4.31 Å². The summed E-state index contributed by atoms with van der Waals surface area (Å²) in [5.74, 6) is -1.16. The lowest BCUT2D eigenvalue weighted by Gasteiger charge is -2.25. The molecule has 34 heavy (non-hydrogen) atoms. The molecule has 0 saturated carbocycles. The summed E-state index contributed by atoms with van der Waals surface area (Å²) in [4.78, 5) is 39.3. The second-order valence-electron chi connectivity index (χ2n) is 8.16. The highest BCUT2D eigenvalue weighted by Gasteiger charge is 2.30. The number of ether oxygens (including phenoxy) is 1. The van der Waals surface area contributed by atoms with Crippen molar-refractivity contribution in [1.82, 2.24) is 9.21 Å². The fourth-order valence-corrected chi connectivity index (χ4v) is 7.03. The topological polar surface area (TPSA) is 139 Å². The van der Waals surface area contributed by atoms with Gasteiger partial charge in [0.15, 0.2) is 0 Å². The van der Waals surface area contributed by atoms with Crippen molar-refractivity contribution < 1.29 is 27.5 Å². The molecular weight excluding hydrogens is 480 g/mol. The van der Waals surface area contributed by atoms with E-state index in [1.54, 1.807) is 0 Å². The van der Waals surface area contributed by atoms with E-state index in [4.69, 9.17) is 10.5 Å². The highest BCUT2D eigenvalue weighted by atomic mass is 32.2. The molecule has 2 aliphatic heterocycles. The highest BCUT2D eigenvalue weighted by molar-refractivity contribution is 7.89. The van der Waals surface area contributed by atoms with Crippen LogP contribution in [0.2, 0.25) is 0 Å². The van der Waals surface area contributed by atoms with E-state index >= 15 is 0 Å². The number of primary amides is 1. The Labute approximate surface area is 201 Å². The summed E-state index contributed by atoms with van der Waals surface area (Å²) in [5.41, 5.74) is 6.80. The van der Waals surface area contributed by atoms with Crippen molar-refractivity contribution in [2.75, 3.05) is 32.1 Å². The number of carbonyl (C=O) groups is 3. The fraction of sp³-hybridized carbons (Fsp3) is 0.409. The number of fused-ring (bicyclic) bond motifs is 1. The van der Waals surface area contributed by atoms with Crippen molar-refractivity contribution in [1.29, 1.82) is 0 Å². The molecule has 3 N–H and O–H groups in total. The number of nitrogens with one attached hydrogen (secondary N) is 1. The van der Waals surface area contributed by atoms with Gasteiger partial charge in [-0.25, -0.2) is 13.2 Å². The minimum absolute atomic E-state index is 0.137. The lowest BCUT2D eigenvalue weighted by Crippen LogP contribution is -2.35. The molecule has 0 bridgehead atoms. The van der Waals surface area contributed by atoms with E-state index in [-0.39, 0.29) is 22.6 Å². The van der Waals surface area contributed by atoms with Crippen LogP contribution in [-0.4, -0.2) is 62.3 Å². The van der Waals surface area contributed by atoms with Crippen LogP contribution in [0.5, 0.6) is 0 Å². The summed E-state index contributed by atoms with van der Waals surface area (Å²) >= 11 is 1.19. The zero-order valence-corrected chi connectivity index (χ0v) is 20.3. The number of piperidine rings is 1. The van der Waals surface area contributed by atoms with E-state index in [9.17, 15) is 22.8 Å². The molecule has 1 aromatic carbocycles. The van der Waals surface area contributed by atoms with E-state index in [1.807, 2.05) is 0 Å². The quantitative estimate of drug-likeness (QED) is 0.638. The number of nitrogens with zero attached hydrogens (tertiary/aromatic N) is 2. The van der Waals surface area contributed by atoms with Crippen LogP contribution < -0.4 is 11.1 Å². The molecule has 12 heteroatoms. The normalized spacial score (nSPS) is 16.6. The third-order valence-corrected chi connectivity index (χ3v) is 9.08. The van der Waals surface area contributed by atoms with Gasteiger partial charge in [-0.05, 0) is 49.1 Å². The van der Waals surface area contributed by atoms with E-state index in [0.717, 1.165) is 29.7 Å². The van der Waals surface area contributed by atoms with E-state index in [1.165, 1.54) is 51.9 Å². The molecule has 2 aliphatic rings. The number of carbonyl (C=O) groups excluding carboxylic acids is 3. The van der Waals surface area contributed by atoms with Crippen molar-refractivity contribution in [3.8, 4) is 0 Å². The minimum atomic E-state index is -3.60. The van der Waals surface area contributed by atoms with Crippen molar-refractivity contribution in [3.63, 3.8) is 0 Å². The second kappa shape index (κ2) is 9.72. The zero-order chi connectivity index (χ0) is 24.5. The maximum Gasteiger partial charge on any atom is 0.409 e. The van der Waals surface area contributed by atoms with Gasteiger partial charge in [0.05, 0.1) is 24.1 Å². The van der Waals surface area contributed by atoms with Crippen LogP contribution in [0.25, 0.3) is 0 Å². The molecule has 0 atom stereocenters. The Morgan fingerprint density at radius 2 is 1.74 bits per heavy atom. The van der Waals surface area contributed by atoms with Crippen LogP contribution >= 0.6 is 11.3 Å². The maximum atomic E-state index is 12.9. The molecule has 3 amide bonds. The number of amides is 3. The Bertz CT molecular complexity index is 1220. The van der Waals surface area contributed by atoms with E-state index < -0.39 is 27.9 Å². The molecule has 1 saturated heterocycles. The summed E-state index contributed by atoms with van der Waals surface area (Å²) in [6, 6.07) is 5.73. The lowest BCUT2D eigenvalue weighted by atomic mass is 10.0. The second-order valence-corrected chi connectivity index (χ2v) is 11.2. The first-order valence-electron chi connectivity index (χ1n) is 10.9. The Morgan fingerprint density at radius 1 is 1.06 bits per heavy atom. The number of methoxy groups -OCH3 is 1. The molecule has 1 fully saturated rings. The van der Waals surface area contributed by atoms with Crippen molar-refractivity contribution in [2.24, 2.45) is 5.73 Å². The third kappa shape index (κ3) is 4.65. The number of nitrogens with two attached hydrogens (primary N) is 1. The Hall–Kier alpha value is -2.96. The van der Waals surface area contributed by atoms with Gasteiger partial charge in [-0.1, -0.05) is 6.42 Å². The standard InChI is InChI=1S/C22H26N4O6S2/c1-32-22(29)25-12-9-16-17(13-25)33-21(18(16)19(23)27)24-20(28)14-5-7-15(8-6-14)34(30,31)26-10-3-2-4-11-26/h5-8H,2-4,9-13H2,1H3,(H2,23,27)(H,24,28). The van der Waals surface area contributed by atoms with Gasteiger partial charge in [-0.3, -0.25) is 9.59 Å². The first-order chi connectivity index (χ1) is 16.2. The SMILES string of the molecule is COC(=O)N1CCc2c(sc(NC(=O)c3ccc(S(=O)(=O)N4CCCCC4)cc3)c2C(N)=O)C1. The summed E-state index contributed by atoms with van der Waals surface area (Å²) in [7, 11) is -2.30. The van der Waals surface area contributed by atoms with Crippen LogP contribution in [0, 0.1) is 0 Å². The zero-order valence-electron chi connectivity index (χ0n) is 18.7. The predicted octanol–water partition coefficient (Wildman–Crippen LogP) is 2.40. The summed E-state index contributed by atoms with van der Waals surface area (Å²) in [6.45, 7) is 1.62. The minimum Gasteiger partial charge on any atom is -0.453 e. The number of sulfonamides is 1. The molecule has 1 aromatic heterocycles. The van der Waals surface area contributed by atoms with Crippen LogP contribution in [0.1, 0.15) is 50.4 Å². The van der Waals surface area contributed by atoms with Gasteiger partial charge in [0, 0.05) is 30.1 Å². The van der Waals surface area contributed by atoms with E-state index in [0.29, 0.717) is 31.1 Å². The van der Waals surface area contributed by atoms with Crippen molar-refractivity contribution >= 4 is 44.3 Å². The van der Waals surface area contributed by atoms with Crippen LogP contribution in [0.4, 0.5) is 9.80 Å². The predicted molar refractivity (Wildman–Crippen MR) is 126 cm³/mol. The number of hydrogen-bond donors (Lipinski definition) is 2. The largest absolute Gasteiger partial charge is 0.453 e. The number of hydrogen-bond acceptors (Lipinski definition) is 7. The van der Waals surface area contributed by atoms with Crippen molar-refractivity contribution in [2.45, 2.75) is 37.1 Å². The summed E-state index contributed by atoms with van der Waals surface area (Å²) in [5, 5.41) is 3.03. The van der Waals surface area contributed by atoms with Crippen molar-refractivity contribution in [3.05, 3.63) is 45.8 Å². The molecule has 0 radical (unpaired) electrons. The van der Waals surface area contributed by atoms with Crippen LogP contribution in [0.15, 0.2) is 29.2 Å². The van der Waals surface area contributed by atoms with Crippen LogP contribution in [0.3, 0.4) is 0 Å². The first kappa shape index (κ1) is 24.2. The Balaban J connectivity index is 1.53. The average Bonchev–Trinajstić information content (AvgIpc) is 3.21. The number of thiophene rings is 1. The number of anilines is 1. The summed E-state index contributed by atoms with van der Waals surface area (Å²) < 4.78 is 31.9. The molecule has 2 aromatic rings. The first-order valence-corrected chi connectivity index (χ1v) is 13.2. The fourth-order valence-electron chi connectivity index (χ4n) is 4.25. The van der Waals surface area contributed by atoms with E-state index in [2.05, 4.69) is 5.32 Å². The molecule has 4 rings (SSSR count). The van der Waals surface area contributed by atoms with Crippen LogP contribution in [-0.2, 0) is 27.7 Å². The molecule has 0 aliphatic carbocycles. The Morgan fingerprint density at radius 3 is 2.35 bits per heavy atom. The molecule has 10 nitrogen and oxygen atoms in total. The van der Waals surface area contributed by atoms with Gasteiger partial charge in [0.25, 0.3) is 11.8 Å². The molecule has 3 heterocycles. The third-order valence-electron chi connectivity index (χ3n) is 6.03. The lowest BCUT2D eigenvalue weighted by molar-refractivity contribution is 0.0999. The molecular formula is C22H26N4O6S2. The van der Waals surface area contributed by atoms with Gasteiger partial charge in [0.2, 0.25) is 10.0 Å². The number of benzene rings is 1. The Kier molecular flexibility index (Phi) is 6.91.